The second-order valence-corrected chi connectivity index (χ2v) is 10.3. The zero-order valence-corrected chi connectivity index (χ0v) is 24.4. The molecule has 1 aliphatic rings. The maximum Gasteiger partial charge on any atom is 0.338 e. The number of benzene rings is 3. The van der Waals surface area contributed by atoms with Gasteiger partial charge in [0, 0.05) is 39.3 Å². The van der Waals surface area contributed by atoms with Crippen molar-refractivity contribution in [2.45, 2.75) is 12.8 Å². The molecule has 0 atom stereocenters. The van der Waals surface area contributed by atoms with Crippen molar-refractivity contribution < 1.29 is 19.1 Å². The smallest absolute Gasteiger partial charge is 0.338 e. The minimum absolute atomic E-state index is 0.332. The van der Waals surface area contributed by atoms with Crippen molar-refractivity contribution in [3.63, 3.8) is 0 Å². The van der Waals surface area contributed by atoms with E-state index in [2.05, 4.69) is 36.1 Å². The fourth-order valence-electron chi connectivity index (χ4n) is 5.47. The van der Waals surface area contributed by atoms with E-state index in [4.69, 9.17) is 9.47 Å². The molecule has 0 heterocycles. The average Bonchev–Trinajstić information content (AvgIpc) is 3.32. The third-order valence-corrected chi connectivity index (χ3v) is 7.35. The first kappa shape index (κ1) is 30.7. The van der Waals surface area contributed by atoms with Crippen LogP contribution in [0.3, 0.4) is 0 Å². The molecule has 0 saturated heterocycles. The Morgan fingerprint density at radius 3 is 1.79 bits per heavy atom. The van der Waals surface area contributed by atoms with Crippen LogP contribution in [0.2, 0.25) is 0 Å². The summed E-state index contributed by atoms with van der Waals surface area (Å²) in [5.41, 5.74) is 5.08. The molecule has 218 valence electrons. The number of esters is 2. The van der Waals surface area contributed by atoms with Gasteiger partial charge in [0.15, 0.2) is 0 Å². The normalized spacial score (nSPS) is 11.4. The van der Waals surface area contributed by atoms with E-state index < -0.39 is 0 Å². The topological polar surface area (TPSA) is 59.1 Å². The Morgan fingerprint density at radius 1 is 0.643 bits per heavy atom. The van der Waals surface area contributed by atoms with Crippen LogP contribution >= 0.6 is 0 Å². The van der Waals surface area contributed by atoms with E-state index in [9.17, 15) is 9.59 Å². The molecule has 0 fully saturated rings. The summed E-state index contributed by atoms with van der Waals surface area (Å²) in [6.45, 7) is 20.5. The van der Waals surface area contributed by atoms with Crippen LogP contribution in [0.5, 0.6) is 0 Å². The first-order valence-corrected chi connectivity index (χ1v) is 14.4. The minimum Gasteiger partial charge on any atom is -0.462 e. The third kappa shape index (κ3) is 7.14. The molecule has 4 rings (SSSR count). The van der Waals surface area contributed by atoms with Gasteiger partial charge in [0.05, 0.1) is 24.3 Å². The van der Waals surface area contributed by atoms with Gasteiger partial charge in [-0.05, 0) is 64.1 Å². The van der Waals surface area contributed by atoms with E-state index in [1.54, 1.807) is 0 Å². The predicted molar refractivity (Wildman–Crippen MR) is 172 cm³/mol. The summed E-state index contributed by atoms with van der Waals surface area (Å²) in [7, 11) is 0. The van der Waals surface area contributed by atoms with Crippen molar-refractivity contribution >= 4 is 22.7 Å². The predicted octanol–water partition coefficient (Wildman–Crippen LogP) is 6.93. The van der Waals surface area contributed by atoms with E-state index in [1.807, 2.05) is 72.8 Å². The van der Waals surface area contributed by atoms with Crippen LogP contribution in [0.4, 0.5) is 0 Å². The van der Waals surface area contributed by atoms with E-state index in [0.717, 1.165) is 85.1 Å². The van der Waals surface area contributed by atoms with Gasteiger partial charge in [-0.3, -0.25) is 9.80 Å². The highest BCUT2D eigenvalue weighted by atomic mass is 16.5. The maximum absolute atomic E-state index is 13.1. The van der Waals surface area contributed by atoms with Gasteiger partial charge < -0.3 is 9.47 Å². The van der Waals surface area contributed by atoms with Crippen molar-refractivity contribution in [2.75, 3.05) is 52.5 Å². The lowest BCUT2D eigenvalue weighted by Crippen LogP contribution is -2.26. The third-order valence-electron chi connectivity index (χ3n) is 7.35. The quantitative estimate of drug-likeness (QED) is 0.0742. The molecule has 0 unspecified atom stereocenters. The molecular weight excluding hydrogens is 524 g/mol. The summed E-state index contributed by atoms with van der Waals surface area (Å²) < 4.78 is 11.3. The molecule has 1 aliphatic carbocycles. The van der Waals surface area contributed by atoms with Crippen molar-refractivity contribution in [3.8, 4) is 22.3 Å². The largest absolute Gasteiger partial charge is 0.462 e. The highest BCUT2D eigenvalue weighted by molar-refractivity contribution is 6.20. The fraction of sp³-hybridized carbons (Fsp3) is 0.278. The maximum atomic E-state index is 13.1. The first-order chi connectivity index (χ1) is 20.5. The van der Waals surface area contributed by atoms with Gasteiger partial charge >= 0.3 is 11.9 Å². The molecule has 42 heavy (non-hydrogen) atoms. The monoisotopic (exact) mass is 564 g/mol. The van der Waals surface area contributed by atoms with E-state index in [1.165, 1.54) is 0 Å². The zero-order valence-electron chi connectivity index (χ0n) is 24.4. The van der Waals surface area contributed by atoms with Crippen LogP contribution in [-0.2, 0) is 9.47 Å². The number of fused-ring (bicyclic) bond motifs is 3. The highest BCUT2D eigenvalue weighted by Crippen LogP contribution is 2.48. The van der Waals surface area contributed by atoms with Crippen LogP contribution in [0.1, 0.15) is 33.6 Å². The summed E-state index contributed by atoms with van der Waals surface area (Å²) >= 11 is 0. The number of nitrogens with zero attached hydrogens (tertiary/aromatic N) is 2. The second kappa shape index (κ2) is 15.1. The Morgan fingerprint density at radius 2 is 1.19 bits per heavy atom. The molecule has 6 nitrogen and oxygen atoms in total. The number of rotatable bonds is 18. The van der Waals surface area contributed by atoms with Gasteiger partial charge in [0.2, 0.25) is 0 Å². The fourth-order valence-corrected chi connectivity index (χ4v) is 5.47. The lowest BCUT2D eigenvalue weighted by molar-refractivity contribution is 0.0482. The molecule has 0 saturated carbocycles. The molecular formula is C36H40N2O4. The zero-order chi connectivity index (χ0) is 29.9. The summed E-state index contributed by atoms with van der Waals surface area (Å²) in [4.78, 5) is 30.4. The Hall–Kier alpha value is -4.26. The molecule has 3 aromatic rings. The molecule has 0 spiro atoms. The number of ether oxygens (including phenoxy) is 2. The van der Waals surface area contributed by atoms with Crippen molar-refractivity contribution in [1.82, 2.24) is 9.80 Å². The van der Waals surface area contributed by atoms with Crippen molar-refractivity contribution in [2.24, 2.45) is 0 Å². The second-order valence-electron chi connectivity index (χ2n) is 10.3. The van der Waals surface area contributed by atoms with Gasteiger partial charge in [0.25, 0.3) is 0 Å². The summed E-state index contributed by atoms with van der Waals surface area (Å²) in [6.07, 6.45) is 8.88. The Kier molecular flexibility index (Phi) is 11.0. The van der Waals surface area contributed by atoms with Gasteiger partial charge in [-0.2, -0.15) is 0 Å². The number of hydrogen-bond donors (Lipinski definition) is 0. The number of carbonyl (C=O) groups is 2. The Balaban J connectivity index is 1.43. The van der Waals surface area contributed by atoms with E-state index >= 15 is 0 Å². The number of carbonyl (C=O) groups excluding carboxylic acids is 2. The van der Waals surface area contributed by atoms with E-state index in [0.29, 0.717) is 24.3 Å². The lowest BCUT2D eigenvalue weighted by atomic mass is 9.98. The molecule has 0 amide bonds. The van der Waals surface area contributed by atoms with E-state index in [-0.39, 0.29) is 11.9 Å². The molecule has 0 bridgehead atoms. The van der Waals surface area contributed by atoms with Gasteiger partial charge in [-0.1, -0.05) is 54.6 Å². The number of hydrogen-bond acceptors (Lipinski definition) is 6. The summed E-state index contributed by atoms with van der Waals surface area (Å²) in [6, 6.07) is 15.4. The molecule has 3 aromatic carbocycles. The highest BCUT2D eigenvalue weighted by Gasteiger charge is 2.25. The van der Waals surface area contributed by atoms with Gasteiger partial charge in [-0.25, -0.2) is 9.59 Å². The van der Waals surface area contributed by atoms with Crippen LogP contribution in [0, 0.1) is 0 Å². The molecule has 0 aromatic heterocycles. The Bertz CT molecular complexity index is 1450. The standard InChI is InChI=1S/C36H40N2O4/c1-5-18-37(19-6-2)22-10-24-41-35(39)27-14-15-28-31-16-17-32(29-12-9-13-30(34(29)31)33(28)26-27)36(40)42-25-11-23-38(20-7-3)21-8-4/h5-9,12-17,26H,1-4,10-11,18-25H2. The van der Waals surface area contributed by atoms with Crippen LogP contribution in [0.25, 0.3) is 33.0 Å². The SMILES string of the molecule is C=CCN(CC=C)CCCOC(=O)c1ccc2c(c1)-c1cccc3c(C(=O)OCCCN(CC=C)CC=C)ccc-2c13. The average molecular weight is 565 g/mol. The summed E-state index contributed by atoms with van der Waals surface area (Å²) in [5, 5.41) is 1.85. The molecule has 0 radical (unpaired) electrons. The first-order valence-electron chi connectivity index (χ1n) is 14.4. The van der Waals surface area contributed by atoms with Gasteiger partial charge in [0.1, 0.15) is 0 Å². The molecule has 0 aliphatic heterocycles. The van der Waals surface area contributed by atoms with Crippen LogP contribution in [-0.4, -0.2) is 74.2 Å². The molecule has 0 N–H and O–H groups in total. The minimum atomic E-state index is -0.344. The van der Waals surface area contributed by atoms with Crippen LogP contribution < -0.4 is 0 Å². The van der Waals surface area contributed by atoms with Crippen molar-refractivity contribution in [1.29, 1.82) is 0 Å². The lowest BCUT2D eigenvalue weighted by Gasteiger charge is -2.18. The summed E-state index contributed by atoms with van der Waals surface area (Å²) in [5.74, 6) is -0.679. The van der Waals surface area contributed by atoms with Crippen molar-refractivity contribution in [3.05, 3.63) is 110 Å². The van der Waals surface area contributed by atoms with Crippen LogP contribution in [0.15, 0.2) is 99.2 Å². The molecule has 6 heteroatoms. The van der Waals surface area contributed by atoms with Gasteiger partial charge in [-0.15, -0.1) is 26.3 Å². The Labute approximate surface area is 249 Å².